The van der Waals surface area contributed by atoms with E-state index in [0.29, 0.717) is 5.69 Å². The van der Waals surface area contributed by atoms with Crippen molar-refractivity contribution in [3.8, 4) is 0 Å². The second kappa shape index (κ2) is 5.20. The highest BCUT2D eigenvalue weighted by atomic mass is 19.1. The first-order valence-corrected chi connectivity index (χ1v) is 5.46. The van der Waals surface area contributed by atoms with Gasteiger partial charge in [-0.15, -0.1) is 0 Å². The number of nitrogens with one attached hydrogen (secondary N) is 1. The molecule has 2 rings (SSSR count). The Balaban J connectivity index is 2.52. The van der Waals surface area contributed by atoms with Gasteiger partial charge < -0.3 is 0 Å². The van der Waals surface area contributed by atoms with Crippen LogP contribution in [0.5, 0.6) is 0 Å². The predicted molar refractivity (Wildman–Crippen MR) is 64.5 cm³/mol. The summed E-state index contributed by atoms with van der Waals surface area (Å²) in [4.78, 5) is 4.16. The topological polar surface area (TPSA) is 50.9 Å². The van der Waals surface area contributed by atoms with Crippen LogP contribution in [0.15, 0.2) is 36.5 Å². The van der Waals surface area contributed by atoms with Gasteiger partial charge in [0, 0.05) is 11.8 Å². The Morgan fingerprint density at radius 2 is 2.06 bits per heavy atom. The minimum atomic E-state index is -0.679. The van der Waals surface area contributed by atoms with E-state index in [2.05, 4.69) is 10.4 Å². The molecular formula is C13H13F2N3. The van der Waals surface area contributed by atoms with E-state index < -0.39 is 17.7 Å². The first-order chi connectivity index (χ1) is 8.63. The molecule has 2 aromatic rings. The highest BCUT2D eigenvalue weighted by Gasteiger charge is 2.20. The molecule has 3 nitrogen and oxygen atoms in total. The quantitative estimate of drug-likeness (QED) is 0.647. The van der Waals surface area contributed by atoms with Crippen LogP contribution in [0, 0.1) is 18.6 Å². The maximum absolute atomic E-state index is 13.7. The lowest BCUT2D eigenvalue weighted by Crippen LogP contribution is -2.30. The first-order valence-electron chi connectivity index (χ1n) is 5.46. The van der Waals surface area contributed by atoms with Crippen molar-refractivity contribution in [1.29, 1.82) is 0 Å². The smallest absolute Gasteiger partial charge is 0.128 e. The van der Waals surface area contributed by atoms with Crippen molar-refractivity contribution in [2.24, 2.45) is 5.84 Å². The van der Waals surface area contributed by atoms with Crippen LogP contribution in [0.4, 0.5) is 8.78 Å². The molecule has 1 heterocycles. The SMILES string of the molecule is Cc1cccnc1C(NN)c1cc(F)ccc1F. The van der Waals surface area contributed by atoms with Crippen LogP contribution in [0.3, 0.4) is 0 Å². The number of halogens is 2. The standard InChI is InChI=1S/C13H13F2N3/c1-8-3-2-6-17-12(8)13(18-16)10-7-9(14)4-5-11(10)15/h2-7,13,18H,16H2,1H3. The molecule has 5 heteroatoms. The molecule has 0 aliphatic heterocycles. The molecule has 3 N–H and O–H groups in total. The molecule has 0 radical (unpaired) electrons. The Morgan fingerprint density at radius 3 is 2.72 bits per heavy atom. The van der Waals surface area contributed by atoms with Crippen molar-refractivity contribution in [2.45, 2.75) is 13.0 Å². The lowest BCUT2D eigenvalue weighted by atomic mass is 10.00. The van der Waals surface area contributed by atoms with Gasteiger partial charge in [0.05, 0.1) is 11.7 Å². The Morgan fingerprint density at radius 1 is 1.28 bits per heavy atom. The molecule has 0 aliphatic rings. The van der Waals surface area contributed by atoms with E-state index in [0.717, 1.165) is 23.8 Å². The van der Waals surface area contributed by atoms with Crippen molar-refractivity contribution in [3.05, 3.63) is 65.0 Å². The van der Waals surface area contributed by atoms with Crippen LogP contribution < -0.4 is 11.3 Å². The first kappa shape index (κ1) is 12.6. The van der Waals surface area contributed by atoms with Crippen LogP contribution in [-0.2, 0) is 0 Å². The molecule has 0 spiro atoms. The molecule has 1 aromatic heterocycles. The second-order valence-corrected chi connectivity index (χ2v) is 3.97. The minimum Gasteiger partial charge on any atom is -0.271 e. The predicted octanol–water partition coefficient (Wildman–Crippen LogP) is 2.22. The Hall–Kier alpha value is -1.85. The molecule has 1 atom stereocenters. The second-order valence-electron chi connectivity index (χ2n) is 3.97. The molecule has 0 fully saturated rings. The lowest BCUT2D eigenvalue weighted by molar-refractivity contribution is 0.538. The summed E-state index contributed by atoms with van der Waals surface area (Å²) >= 11 is 0. The number of nitrogens with zero attached hydrogens (tertiary/aromatic N) is 1. The van der Waals surface area contributed by atoms with Crippen LogP contribution in [0.25, 0.3) is 0 Å². The molecule has 0 aliphatic carbocycles. The fraction of sp³-hybridized carbons (Fsp3) is 0.154. The monoisotopic (exact) mass is 249 g/mol. The van der Waals surface area contributed by atoms with E-state index in [1.807, 2.05) is 13.0 Å². The maximum atomic E-state index is 13.7. The van der Waals surface area contributed by atoms with E-state index >= 15 is 0 Å². The van der Waals surface area contributed by atoms with Crippen molar-refractivity contribution < 1.29 is 8.78 Å². The third-order valence-electron chi connectivity index (χ3n) is 2.76. The average molecular weight is 249 g/mol. The Labute approximate surface area is 104 Å². The molecule has 0 amide bonds. The molecule has 94 valence electrons. The molecule has 1 aromatic carbocycles. The van der Waals surface area contributed by atoms with Crippen LogP contribution in [-0.4, -0.2) is 4.98 Å². The zero-order valence-corrected chi connectivity index (χ0v) is 9.82. The number of rotatable bonds is 3. The number of hydrogen-bond acceptors (Lipinski definition) is 3. The number of benzene rings is 1. The van der Waals surface area contributed by atoms with Crippen molar-refractivity contribution in [2.75, 3.05) is 0 Å². The largest absolute Gasteiger partial charge is 0.271 e. The lowest BCUT2D eigenvalue weighted by Gasteiger charge is -2.18. The summed E-state index contributed by atoms with van der Waals surface area (Å²) < 4.78 is 26.9. The number of hydrogen-bond donors (Lipinski definition) is 2. The van der Waals surface area contributed by atoms with E-state index in [9.17, 15) is 8.78 Å². The zero-order chi connectivity index (χ0) is 13.1. The van der Waals surface area contributed by atoms with Crippen molar-refractivity contribution >= 4 is 0 Å². The van der Waals surface area contributed by atoms with Gasteiger partial charge in [0.25, 0.3) is 0 Å². The summed E-state index contributed by atoms with van der Waals surface area (Å²) in [6.07, 6.45) is 1.59. The molecule has 0 bridgehead atoms. The molecule has 1 unspecified atom stereocenters. The third kappa shape index (κ3) is 2.37. The Kier molecular flexibility index (Phi) is 3.64. The van der Waals surface area contributed by atoms with Crippen LogP contribution in [0.1, 0.15) is 22.9 Å². The van der Waals surface area contributed by atoms with E-state index in [1.165, 1.54) is 0 Å². The Bertz CT molecular complexity index is 558. The van der Waals surface area contributed by atoms with E-state index in [-0.39, 0.29) is 5.56 Å². The zero-order valence-electron chi connectivity index (χ0n) is 9.82. The maximum Gasteiger partial charge on any atom is 0.128 e. The number of pyridine rings is 1. The van der Waals surface area contributed by atoms with Gasteiger partial charge in [-0.25, -0.2) is 14.2 Å². The fourth-order valence-electron chi connectivity index (χ4n) is 1.85. The third-order valence-corrected chi connectivity index (χ3v) is 2.76. The number of aryl methyl sites for hydroxylation is 1. The van der Waals surface area contributed by atoms with E-state index in [4.69, 9.17) is 5.84 Å². The van der Waals surface area contributed by atoms with Gasteiger partial charge in [-0.05, 0) is 36.8 Å². The van der Waals surface area contributed by atoms with E-state index in [1.54, 1.807) is 12.3 Å². The van der Waals surface area contributed by atoms with Gasteiger partial charge in [-0.2, -0.15) is 0 Å². The van der Waals surface area contributed by atoms with Gasteiger partial charge in [0.1, 0.15) is 11.6 Å². The number of aromatic nitrogens is 1. The fourth-order valence-corrected chi connectivity index (χ4v) is 1.85. The summed E-state index contributed by atoms with van der Waals surface area (Å²) in [5.41, 5.74) is 4.04. The van der Waals surface area contributed by atoms with Gasteiger partial charge >= 0.3 is 0 Å². The van der Waals surface area contributed by atoms with Crippen LogP contribution in [0.2, 0.25) is 0 Å². The summed E-state index contributed by atoms with van der Waals surface area (Å²) in [6, 6.07) is 6.19. The molecular weight excluding hydrogens is 236 g/mol. The molecule has 0 saturated heterocycles. The normalized spacial score (nSPS) is 12.4. The van der Waals surface area contributed by atoms with Gasteiger partial charge in [0.2, 0.25) is 0 Å². The molecule has 0 saturated carbocycles. The van der Waals surface area contributed by atoms with Gasteiger partial charge in [-0.1, -0.05) is 6.07 Å². The van der Waals surface area contributed by atoms with Crippen LogP contribution >= 0.6 is 0 Å². The van der Waals surface area contributed by atoms with Crippen molar-refractivity contribution in [1.82, 2.24) is 10.4 Å². The molecule has 18 heavy (non-hydrogen) atoms. The highest BCUT2D eigenvalue weighted by molar-refractivity contribution is 5.33. The average Bonchev–Trinajstić information content (AvgIpc) is 2.36. The van der Waals surface area contributed by atoms with Gasteiger partial charge in [0.15, 0.2) is 0 Å². The summed E-state index contributed by atoms with van der Waals surface area (Å²) in [5, 5.41) is 0. The number of hydrazine groups is 1. The minimum absolute atomic E-state index is 0.138. The van der Waals surface area contributed by atoms with Crippen molar-refractivity contribution in [3.63, 3.8) is 0 Å². The number of nitrogens with two attached hydrogens (primary N) is 1. The highest BCUT2D eigenvalue weighted by Crippen LogP contribution is 2.25. The summed E-state index contributed by atoms with van der Waals surface area (Å²) in [5.74, 6) is 4.41. The summed E-state index contributed by atoms with van der Waals surface area (Å²) in [6.45, 7) is 1.84. The summed E-state index contributed by atoms with van der Waals surface area (Å²) in [7, 11) is 0. The van der Waals surface area contributed by atoms with Gasteiger partial charge in [-0.3, -0.25) is 10.8 Å².